The molecular weight excluding hydrogens is 414 g/mol. The van der Waals surface area contributed by atoms with Crippen LogP contribution < -0.4 is 4.74 Å². The van der Waals surface area contributed by atoms with Crippen LogP contribution in [0.1, 0.15) is 116 Å². The van der Waals surface area contributed by atoms with Crippen LogP contribution in [0.4, 0.5) is 0 Å². The second-order valence-corrected chi connectivity index (χ2v) is 10.6. The van der Waals surface area contributed by atoms with Crippen molar-refractivity contribution in [2.75, 3.05) is 6.61 Å². The molecule has 1 saturated carbocycles. The highest BCUT2D eigenvalue weighted by Gasteiger charge is 2.20. The minimum Gasteiger partial charge on any atom is -0.492 e. The number of hydrogen-bond donors (Lipinski definition) is 0. The standard InChI is InChI=1S/C32H49NO/c1-3-5-7-8-9-11-25-34-31-23-24-32(33-26-31)30-21-19-29(20-22-30)18-17-28-15-13-27(14-16-28)12-10-6-4-2/h19-24,26-28H,3-18,25H2,1-2H3. The lowest BCUT2D eigenvalue weighted by Crippen LogP contribution is -2.15. The number of rotatable bonds is 16. The molecule has 0 spiro atoms. The van der Waals surface area contributed by atoms with E-state index in [0.29, 0.717) is 0 Å². The zero-order chi connectivity index (χ0) is 23.8. The van der Waals surface area contributed by atoms with Crippen molar-refractivity contribution in [3.8, 4) is 17.0 Å². The lowest BCUT2D eigenvalue weighted by Gasteiger charge is -2.28. The molecular formula is C32H49NO. The Kier molecular flexibility index (Phi) is 12.6. The number of unbranched alkanes of at least 4 members (excludes halogenated alkanes) is 7. The first-order valence-electron chi connectivity index (χ1n) is 14.5. The van der Waals surface area contributed by atoms with Crippen LogP contribution in [0.15, 0.2) is 42.6 Å². The third kappa shape index (κ3) is 9.80. The van der Waals surface area contributed by atoms with Gasteiger partial charge in [-0.2, -0.15) is 0 Å². The summed E-state index contributed by atoms with van der Waals surface area (Å²) in [4.78, 5) is 4.65. The number of pyridine rings is 1. The maximum atomic E-state index is 5.88. The fourth-order valence-electron chi connectivity index (χ4n) is 5.41. The molecule has 0 saturated heterocycles. The summed E-state index contributed by atoms with van der Waals surface area (Å²) in [5, 5.41) is 0. The quantitative estimate of drug-likeness (QED) is 0.231. The Balaban J connectivity index is 1.34. The van der Waals surface area contributed by atoms with Crippen molar-refractivity contribution in [3.63, 3.8) is 0 Å². The Bertz CT molecular complexity index is 759. The fourth-order valence-corrected chi connectivity index (χ4v) is 5.41. The van der Waals surface area contributed by atoms with Crippen molar-refractivity contribution in [1.29, 1.82) is 0 Å². The summed E-state index contributed by atoms with van der Waals surface area (Å²) in [6.07, 6.45) is 23.7. The average Bonchev–Trinajstić information content (AvgIpc) is 2.88. The first-order valence-corrected chi connectivity index (χ1v) is 14.5. The predicted molar refractivity (Wildman–Crippen MR) is 146 cm³/mol. The number of ether oxygens (including phenoxy) is 1. The lowest BCUT2D eigenvalue weighted by atomic mass is 9.78. The van der Waals surface area contributed by atoms with Crippen LogP contribution in [0.5, 0.6) is 5.75 Å². The molecule has 0 N–H and O–H groups in total. The SMILES string of the molecule is CCCCCCCCOc1ccc(-c2ccc(CCC3CCC(CCCCC)CC3)cc2)nc1. The number of nitrogens with zero attached hydrogens (tertiary/aromatic N) is 1. The molecule has 34 heavy (non-hydrogen) atoms. The Morgan fingerprint density at radius 1 is 0.706 bits per heavy atom. The Morgan fingerprint density at radius 2 is 1.35 bits per heavy atom. The van der Waals surface area contributed by atoms with E-state index in [1.165, 1.54) is 107 Å². The highest BCUT2D eigenvalue weighted by molar-refractivity contribution is 5.59. The van der Waals surface area contributed by atoms with Gasteiger partial charge in [-0.25, -0.2) is 0 Å². The van der Waals surface area contributed by atoms with Crippen molar-refractivity contribution in [3.05, 3.63) is 48.2 Å². The minimum absolute atomic E-state index is 0.794. The first kappa shape index (κ1) is 26.8. The molecule has 0 atom stereocenters. The highest BCUT2D eigenvalue weighted by Crippen LogP contribution is 2.34. The van der Waals surface area contributed by atoms with Gasteiger partial charge in [-0.05, 0) is 48.8 Å². The molecule has 0 radical (unpaired) electrons. The maximum absolute atomic E-state index is 5.88. The normalized spacial score (nSPS) is 18.2. The lowest BCUT2D eigenvalue weighted by molar-refractivity contribution is 0.249. The van der Waals surface area contributed by atoms with Gasteiger partial charge in [0.1, 0.15) is 5.75 Å². The van der Waals surface area contributed by atoms with Gasteiger partial charge in [0.05, 0.1) is 18.5 Å². The van der Waals surface area contributed by atoms with Crippen LogP contribution >= 0.6 is 0 Å². The average molecular weight is 464 g/mol. The summed E-state index contributed by atoms with van der Waals surface area (Å²) < 4.78 is 5.88. The maximum Gasteiger partial charge on any atom is 0.137 e. The molecule has 1 fully saturated rings. The molecule has 1 aliphatic carbocycles. The molecule has 0 unspecified atom stereocenters. The van der Waals surface area contributed by atoms with Gasteiger partial charge in [0, 0.05) is 5.56 Å². The van der Waals surface area contributed by atoms with Crippen LogP contribution in [0.25, 0.3) is 11.3 Å². The van der Waals surface area contributed by atoms with Gasteiger partial charge in [-0.3, -0.25) is 4.98 Å². The van der Waals surface area contributed by atoms with Gasteiger partial charge in [-0.1, -0.05) is 122 Å². The van der Waals surface area contributed by atoms with Gasteiger partial charge in [0.25, 0.3) is 0 Å². The van der Waals surface area contributed by atoms with E-state index in [0.717, 1.165) is 36.3 Å². The summed E-state index contributed by atoms with van der Waals surface area (Å²) in [5.41, 5.74) is 3.69. The van der Waals surface area contributed by atoms with E-state index in [1.54, 1.807) is 0 Å². The van der Waals surface area contributed by atoms with Gasteiger partial charge < -0.3 is 4.74 Å². The molecule has 0 bridgehead atoms. The molecule has 0 amide bonds. The molecule has 1 heterocycles. The topological polar surface area (TPSA) is 22.1 Å². The molecule has 3 rings (SSSR count). The fraction of sp³-hybridized carbons (Fsp3) is 0.656. The van der Waals surface area contributed by atoms with Crippen LogP contribution in [0.3, 0.4) is 0 Å². The van der Waals surface area contributed by atoms with E-state index in [4.69, 9.17) is 4.74 Å². The second kappa shape index (κ2) is 16.0. The van der Waals surface area contributed by atoms with E-state index < -0.39 is 0 Å². The van der Waals surface area contributed by atoms with E-state index in [1.807, 2.05) is 6.20 Å². The highest BCUT2D eigenvalue weighted by atomic mass is 16.5. The zero-order valence-corrected chi connectivity index (χ0v) is 22.1. The van der Waals surface area contributed by atoms with Crippen molar-refractivity contribution in [2.24, 2.45) is 11.8 Å². The predicted octanol–water partition coefficient (Wildman–Crippen LogP) is 9.81. The van der Waals surface area contributed by atoms with E-state index in [2.05, 4.69) is 55.2 Å². The van der Waals surface area contributed by atoms with Crippen LogP contribution in [-0.4, -0.2) is 11.6 Å². The zero-order valence-electron chi connectivity index (χ0n) is 22.1. The molecule has 1 aromatic carbocycles. The molecule has 2 heteroatoms. The Morgan fingerprint density at radius 3 is 2.03 bits per heavy atom. The van der Waals surface area contributed by atoms with Crippen molar-refractivity contribution >= 4 is 0 Å². The minimum atomic E-state index is 0.794. The smallest absolute Gasteiger partial charge is 0.137 e. The van der Waals surface area contributed by atoms with Crippen LogP contribution in [0, 0.1) is 11.8 Å². The van der Waals surface area contributed by atoms with Gasteiger partial charge in [0.15, 0.2) is 0 Å². The monoisotopic (exact) mass is 463 g/mol. The van der Waals surface area contributed by atoms with Crippen LogP contribution in [0.2, 0.25) is 0 Å². The largest absolute Gasteiger partial charge is 0.492 e. The number of aromatic nitrogens is 1. The molecule has 1 aliphatic rings. The summed E-state index contributed by atoms with van der Waals surface area (Å²) in [7, 11) is 0. The molecule has 2 nitrogen and oxygen atoms in total. The first-order chi connectivity index (χ1) is 16.8. The van der Waals surface area contributed by atoms with E-state index in [-0.39, 0.29) is 0 Å². The second-order valence-electron chi connectivity index (χ2n) is 10.6. The summed E-state index contributed by atoms with van der Waals surface area (Å²) >= 11 is 0. The van der Waals surface area contributed by atoms with Gasteiger partial charge in [-0.15, -0.1) is 0 Å². The number of benzene rings is 1. The van der Waals surface area contributed by atoms with E-state index >= 15 is 0 Å². The third-order valence-electron chi connectivity index (χ3n) is 7.78. The number of hydrogen-bond acceptors (Lipinski definition) is 2. The van der Waals surface area contributed by atoms with Crippen molar-refractivity contribution in [1.82, 2.24) is 4.98 Å². The molecule has 0 aliphatic heterocycles. The Labute approximate surface area is 209 Å². The van der Waals surface area contributed by atoms with Crippen molar-refractivity contribution in [2.45, 2.75) is 117 Å². The van der Waals surface area contributed by atoms with E-state index in [9.17, 15) is 0 Å². The van der Waals surface area contributed by atoms with Gasteiger partial charge >= 0.3 is 0 Å². The molecule has 188 valence electrons. The summed E-state index contributed by atoms with van der Waals surface area (Å²) in [6, 6.07) is 13.2. The summed E-state index contributed by atoms with van der Waals surface area (Å²) in [5.74, 6) is 2.84. The number of aryl methyl sites for hydroxylation is 1. The van der Waals surface area contributed by atoms with Crippen LogP contribution in [-0.2, 0) is 6.42 Å². The summed E-state index contributed by atoms with van der Waals surface area (Å²) in [6.45, 7) is 5.36. The molecule has 1 aromatic heterocycles. The van der Waals surface area contributed by atoms with Gasteiger partial charge in [0.2, 0.25) is 0 Å². The van der Waals surface area contributed by atoms with Crippen molar-refractivity contribution < 1.29 is 4.74 Å². The molecule has 2 aromatic rings. The Hall–Kier alpha value is -1.83. The third-order valence-corrected chi connectivity index (χ3v) is 7.78.